The molecule has 2 heterocycles. The number of nitrogens with two attached hydrogens (primary N) is 3. The molecule has 2 aromatic rings. The van der Waals surface area contributed by atoms with Gasteiger partial charge in [0.1, 0.15) is 11.9 Å². The Morgan fingerprint density at radius 2 is 2.03 bits per heavy atom. The zero-order chi connectivity index (χ0) is 24.1. The van der Waals surface area contributed by atoms with E-state index < -0.39 is 6.10 Å². The number of halogens is 1. The lowest BCUT2D eigenvalue weighted by Crippen LogP contribution is -2.18. The summed E-state index contributed by atoms with van der Waals surface area (Å²) in [6, 6.07) is 6.26. The van der Waals surface area contributed by atoms with Crippen molar-refractivity contribution in [3.05, 3.63) is 69.8 Å². The molecule has 3 rings (SSSR count). The summed E-state index contributed by atoms with van der Waals surface area (Å²) in [7, 11) is 1.68. The van der Waals surface area contributed by atoms with Crippen molar-refractivity contribution >= 4 is 23.4 Å². The summed E-state index contributed by atoms with van der Waals surface area (Å²) >= 11 is 0. The maximum absolute atomic E-state index is 14.2. The SMILES string of the molecule is CCN=C1C(=C(N)CC)CC(C=NC)=C(N)c2ccc(F)cc2[C@@H](C)Oc2cc1cnc2N. The number of aromatic nitrogens is 1. The maximum Gasteiger partial charge on any atom is 0.166 e. The first-order valence-electron chi connectivity index (χ1n) is 11.0. The summed E-state index contributed by atoms with van der Waals surface area (Å²) in [5.41, 5.74) is 24.7. The average Bonchev–Trinajstić information content (AvgIpc) is 2.80. The van der Waals surface area contributed by atoms with Gasteiger partial charge in [-0.1, -0.05) is 6.92 Å². The molecule has 1 aromatic heterocycles. The van der Waals surface area contributed by atoms with E-state index in [-0.39, 0.29) is 11.6 Å². The number of aliphatic imine (C=N–C) groups is 2. The Labute approximate surface area is 194 Å². The molecular weight excluding hydrogens is 419 g/mol. The van der Waals surface area contributed by atoms with Crippen molar-refractivity contribution in [1.82, 2.24) is 4.98 Å². The number of nitrogens with zero attached hydrogens (tertiary/aromatic N) is 3. The summed E-state index contributed by atoms with van der Waals surface area (Å²) in [4.78, 5) is 13.3. The van der Waals surface area contributed by atoms with Crippen LogP contribution in [0, 0.1) is 5.82 Å². The Morgan fingerprint density at radius 1 is 1.27 bits per heavy atom. The smallest absolute Gasteiger partial charge is 0.166 e. The molecule has 0 radical (unpaired) electrons. The minimum atomic E-state index is -0.546. The number of hydrogen-bond acceptors (Lipinski definition) is 7. The van der Waals surface area contributed by atoms with E-state index in [9.17, 15) is 4.39 Å². The van der Waals surface area contributed by atoms with Crippen LogP contribution in [0.25, 0.3) is 5.70 Å². The molecule has 2 bridgehead atoms. The van der Waals surface area contributed by atoms with Crippen LogP contribution in [0.5, 0.6) is 5.75 Å². The van der Waals surface area contributed by atoms with Gasteiger partial charge in [-0.2, -0.15) is 0 Å². The third-order valence-electron chi connectivity index (χ3n) is 5.57. The van der Waals surface area contributed by atoms with Crippen LogP contribution >= 0.6 is 0 Å². The first kappa shape index (κ1) is 24.0. The first-order chi connectivity index (χ1) is 15.8. The molecule has 0 saturated heterocycles. The second kappa shape index (κ2) is 10.3. The largest absolute Gasteiger partial charge is 0.482 e. The summed E-state index contributed by atoms with van der Waals surface area (Å²) < 4.78 is 20.4. The summed E-state index contributed by atoms with van der Waals surface area (Å²) in [6.07, 6.45) is 3.84. The van der Waals surface area contributed by atoms with Crippen molar-refractivity contribution in [2.24, 2.45) is 21.5 Å². The standard InChI is InChI=1S/C25H31FN6O/c1-5-21(27)20-9-15(12-30-4)23(28)18-8-7-17(26)11-19(18)14(3)33-22-10-16(13-32-25(22)29)24(20)31-6-2/h7-8,10-14H,5-6,9,27-28H2,1-4H3,(H2,29,32)/t14-/m1/s1. The molecule has 0 spiro atoms. The van der Waals surface area contributed by atoms with Crippen LogP contribution in [-0.2, 0) is 0 Å². The minimum absolute atomic E-state index is 0.229. The van der Waals surface area contributed by atoms with Crippen LogP contribution < -0.4 is 21.9 Å². The molecule has 174 valence electrons. The summed E-state index contributed by atoms with van der Waals surface area (Å²) in [5, 5.41) is 0. The molecule has 0 unspecified atom stereocenters. The zero-order valence-electron chi connectivity index (χ0n) is 19.5. The number of anilines is 1. The highest BCUT2D eigenvalue weighted by molar-refractivity contribution is 6.14. The average molecular weight is 451 g/mol. The van der Waals surface area contributed by atoms with E-state index in [1.165, 1.54) is 12.1 Å². The number of hydrogen-bond donors (Lipinski definition) is 3. The Kier molecular flexibility index (Phi) is 7.48. The van der Waals surface area contributed by atoms with Gasteiger partial charge in [0, 0.05) is 66.1 Å². The number of pyridine rings is 1. The van der Waals surface area contributed by atoms with Crippen LogP contribution in [0.4, 0.5) is 10.2 Å². The number of allylic oxidation sites excluding steroid dienone is 3. The predicted molar refractivity (Wildman–Crippen MR) is 133 cm³/mol. The van der Waals surface area contributed by atoms with Gasteiger partial charge >= 0.3 is 0 Å². The monoisotopic (exact) mass is 450 g/mol. The number of benzene rings is 1. The van der Waals surface area contributed by atoms with Gasteiger partial charge in [0.25, 0.3) is 0 Å². The van der Waals surface area contributed by atoms with Gasteiger partial charge in [0.05, 0.1) is 5.71 Å². The third-order valence-corrected chi connectivity index (χ3v) is 5.57. The van der Waals surface area contributed by atoms with E-state index >= 15 is 0 Å². The third kappa shape index (κ3) is 5.05. The second-order valence-corrected chi connectivity index (χ2v) is 7.78. The lowest BCUT2D eigenvalue weighted by molar-refractivity contribution is 0.226. The molecule has 6 N–H and O–H groups in total. The van der Waals surface area contributed by atoms with Crippen LogP contribution in [0.1, 0.15) is 56.4 Å². The molecule has 1 atom stereocenters. The van der Waals surface area contributed by atoms with Crippen molar-refractivity contribution in [2.45, 2.75) is 39.7 Å². The Bertz CT molecular complexity index is 1170. The van der Waals surface area contributed by atoms with Gasteiger partial charge in [0.2, 0.25) is 0 Å². The number of fused-ring (bicyclic) bond motifs is 3. The van der Waals surface area contributed by atoms with E-state index in [4.69, 9.17) is 26.9 Å². The van der Waals surface area contributed by atoms with Crippen LogP contribution in [0.3, 0.4) is 0 Å². The van der Waals surface area contributed by atoms with Crippen LogP contribution in [-0.4, -0.2) is 30.5 Å². The van der Waals surface area contributed by atoms with E-state index in [1.54, 1.807) is 31.6 Å². The Balaban J connectivity index is 2.41. The summed E-state index contributed by atoms with van der Waals surface area (Å²) in [5.74, 6) is 0.225. The highest BCUT2D eigenvalue weighted by atomic mass is 19.1. The van der Waals surface area contributed by atoms with Crippen molar-refractivity contribution in [3.63, 3.8) is 0 Å². The fraction of sp³-hybridized carbons (Fsp3) is 0.320. The zero-order valence-corrected chi connectivity index (χ0v) is 19.5. The molecule has 0 amide bonds. The van der Waals surface area contributed by atoms with Gasteiger partial charge in [-0.25, -0.2) is 9.37 Å². The van der Waals surface area contributed by atoms with E-state index in [0.29, 0.717) is 53.4 Å². The van der Waals surface area contributed by atoms with E-state index in [0.717, 1.165) is 16.7 Å². The van der Waals surface area contributed by atoms with Crippen LogP contribution in [0.2, 0.25) is 0 Å². The first-order valence-corrected chi connectivity index (χ1v) is 11.0. The Morgan fingerprint density at radius 3 is 2.70 bits per heavy atom. The highest BCUT2D eigenvalue weighted by Crippen LogP contribution is 2.34. The topological polar surface area (TPSA) is 125 Å². The molecule has 0 aliphatic carbocycles. The minimum Gasteiger partial charge on any atom is -0.482 e. The van der Waals surface area contributed by atoms with E-state index in [1.807, 2.05) is 20.8 Å². The number of ether oxygens (including phenoxy) is 1. The van der Waals surface area contributed by atoms with Crippen molar-refractivity contribution in [3.8, 4) is 5.75 Å². The maximum atomic E-state index is 14.2. The van der Waals surface area contributed by atoms with Crippen molar-refractivity contribution in [2.75, 3.05) is 19.3 Å². The second-order valence-electron chi connectivity index (χ2n) is 7.78. The van der Waals surface area contributed by atoms with Crippen molar-refractivity contribution < 1.29 is 9.13 Å². The Hall–Kier alpha value is -3.68. The normalized spacial score (nSPS) is 19.7. The molecule has 1 aromatic carbocycles. The molecule has 8 heteroatoms. The summed E-state index contributed by atoms with van der Waals surface area (Å²) in [6.45, 7) is 6.30. The van der Waals surface area contributed by atoms with Gasteiger partial charge in [-0.15, -0.1) is 0 Å². The molecule has 0 fully saturated rings. The molecular formula is C25H31FN6O. The molecule has 33 heavy (non-hydrogen) atoms. The highest BCUT2D eigenvalue weighted by Gasteiger charge is 2.23. The van der Waals surface area contributed by atoms with Gasteiger partial charge in [-0.05, 0) is 50.1 Å². The van der Waals surface area contributed by atoms with E-state index in [2.05, 4.69) is 9.98 Å². The van der Waals surface area contributed by atoms with Gasteiger partial charge in [-0.3, -0.25) is 9.98 Å². The fourth-order valence-electron chi connectivity index (χ4n) is 3.86. The quantitative estimate of drug-likeness (QED) is 0.606. The molecule has 1 aliphatic rings. The molecule has 0 saturated carbocycles. The molecule has 7 nitrogen and oxygen atoms in total. The molecule has 1 aliphatic heterocycles. The lowest BCUT2D eigenvalue weighted by Gasteiger charge is -2.23. The van der Waals surface area contributed by atoms with Gasteiger partial charge < -0.3 is 21.9 Å². The predicted octanol–water partition coefficient (Wildman–Crippen LogP) is 4.15. The lowest BCUT2D eigenvalue weighted by atomic mass is 9.90. The van der Waals surface area contributed by atoms with Crippen molar-refractivity contribution in [1.29, 1.82) is 0 Å². The number of rotatable bonds is 3. The van der Waals surface area contributed by atoms with Gasteiger partial charge in [0.15, 0.2) is 11.6 Å². The number of nitrogen functional groups attached to an aromatic ring is 1. The van der Waals surface area contributed by atoms with Crippen LogP contribution in [0.15, 0.2) is 57.3 Å². The fourth-order valence-corrected chi connectivity index (χ4v) is 3.86.